The summed E-state index contributed by atoms with van der Waals surface area (Å²) in [6.45, 7) is 3.72. The molecule has 0 unspecified atom stereocenters. The fourth-order valence-electron chi connectivity index (χ4n) is 0.183. The van der Waals surface area contributed by atoms with E-state index >= 15 is 0 Å². The molecular formula is C4H6ClNO2. The van der Waals surface area contributed by atoms with E-state index in [1.165, 1.54) is 6.08 Å². The van der Waals surface area contributed by atoms with Crippen molar-refractivity contribution >= 4 is 18.0 Å². The van der Waals surface area contributed by atoms with Crippen molar-refractivity contribution in [2.45, 2.75) is 0 Å². The molecule has 0 heterocycles. The molecule has 0 aliphatic heterocycles. The molecule has 0 saturated heterocycles. The van der Waals surface area contributed by atoms with Crippen molar-refractivity contribution in [2.75, 3.05) is 6.54 Å². The second-order valence-corrected chi connectivity index (χ2v) is 1.19. The van der Waals surface area contributed by atoms with Gasteiger partial charge in [0.25, 0.3) is 0 Å². The van der Waals surface area contributed by atoms with Crippen LogP contribution in [0.2, 0.25) is 0 Å². The van der Waals surface area contributed by atoms with Crippen molar-refractivity contribution < 1.29 is 9.08 Å². The topological polar surface area (TPSA) is 38.3 Å². The predicted molar refractivity (Wildman–Crippen MR) is 30.5 cm³/mol. The Morgan fingerprint density at radius 1 is 2.00 bits per heavy atom. The minimum atomic E-state index is -0.661. The third-order valence-electron chi connectivity index (χ3n) is 0.461. The lowest BCUT2D eigenvalue weighted by Gasteiger charge is -1.93. The number of carbonyl (C=O) groups excluding carboxylic acids is 1. The third kappa shape index (κ3) is 3.49. The van der Waals surface area contributed by atoms with E-state index in [0.717, 1.165) is 0 Å². The lowest BCUT2D eigenvalue weighted by Crippen LogP contribution is -2.20. The summed E-state index contributed by atoms with van der Waals surface area (Å²) in [5, 5.41) is 2.27. The largest absolute Gasteiger partial charge is 0.425 e. The minimum Gasteiger partial charge on any atom is -0.330 e. The third-order valence-corrected chi connectivity index (χ3v) is 0.601. The van der Waals surface area contributed by atoms with E-state index < -0.39 is 6.09 Å². The Balaban J connectivity index is 3.11. The van der Waals surface area contributed by atoms with Crippen LogP contribution in [0.25, 0.3) is 0 Å². The van der Waals surface area contributed by atoms with E-state index in [1.807, 2.05) is 0 Å². The summed E-state index contributed by atoms with van der Waals surface area (Å²) in [6, 6.07) is 0. The standard InChI is InChI=1S/C4H6ClNO2/c1-2-3-6-4(7)8-5/h2H,1,3H2,(H,6,7). The number of hydrogen-bond acceptors (Lipinski definition) is 2. The Labute approximate surface area is 52.4 Å². The smallest absolute Gasteiger partial charge is 0.330 e. The molecule has 4 heteroatoms. The van der Waals surface area contributed by atoms with Crippen LogP contribution in [0, 0.1) is 0 Å². The number of carbonyl (C=O) groups is 1. The van der Waals surface area contributed by atoms with Crippen LogP contribution >= 0.6 is 11.9 Å². The van der Waals surface area contributed by atoms with Crippen LogP contribution in [0.3, 0.4) is 0 Å². The molecule has 0 atom stereocenters. The van der Waals surface area contributed by atoms with E-state index in [-0.39, 0.29) is 0 Å². The van der Waals surface area contributed by atoms with Gasteiger partial charge in [0.05, 0.1) is 0 Å². The highest BCUT2D eigenvalue weighted by molar-refractivity contribution is 6.12. The van der Waals surface area contributed by atoms with Crippen LogP contribution in [0.5, 0.6) is 0 Å². The van der Waals surface area contributed by atoms with Crippen molar-refractivity contribution in [1.29, 1.82) is 0 Å². The molecule has 46 valence electrons. The van der Waals surface area contributed by atoms with Gasteiger partial charge in [-0.05, 0) is 0 Å². The Hall–Kier alpha value is -0.700. The van der Waals surface area contributed by atoms with Gasteiger partial charge in [-0.2, -0.15) is 0 Å². The van der Waals surface area contributed by atoms with Gasteiger partial charge < -0.3 is 9.61 Å². The molecular weight excluding hydrogens is 130 g/mol. The zero-order valence-corrected chi connectivity index (χ0v) is 4.94. The molecule has 0 aliphatic carbocycles. The summed E-state index contributed by atoms with van der Waals surface area (Å²) >= 11 is 4.64. The van der Waals surface area contributed by atoms with Gasteiger partial charge in [-0.25, -0.2) is 4.79 Å². The molecule has 0 radical (unpaired) electrons. The molecule has 0 fully saturated rings. The van der Waals surface area contributed by atoms with Crippen molar-refractivity contribution in [3.05, 3.63) is 12.7 Å². The van der Waals surface area contributed by atoms with E-state index in [4.69, 9.17) is 0 Å². The maximum absolute atomic E-state index is 10.1. The second kappa shape index (κ2) is 4.46. The molecule has 0 aliphatic rings. The molecule has 1 N–H and O–H groups in total. The Morgan fingerprint density at radius 2 is 2.62 bits per heavy atom. The summed E-state index contributed by atoms with van der Waals surface area (Å²) < 4.78 is 3.73. The number of rotatable bonds is 2. The number of hydrogen-bond donors (Lipinski definition) is 1. The van der Waals surface area contributed by atoms with Crippen LogP contribution < -0.4 is 5.32 Å². The summed E-state index contributed by atoms with van der Waals surface area (Å²) in [5.74, 6) is 0. The second-order valence-electron chi connectivity index (χ2n) is 1.03. The zero-order valence-electron chi connectivity index (χ0n) is 4.19. The van der Waals surface area contributed by atoms with E-state index in [0.29, 0.717) is 6.54 Å². The van der Waals surface area contributed by atoms with Crippen molar-refractivity contribution in [1.82, 2.24) is 5.32 Å². The first-order valence-electron chi connectivity index (χ1n) is 1.98. The number of amides is 1. The van der Waals surface area contributed by atoms with Gasteiger partial charge in [-0.1, -0.05) is 6.08 Å². The zero-order chi connectivity index (χ0) is 6.41. The Bertz CT molecular complexity index is 94.0. The van der Waals surface area contributed by atoms with Crippen LogP contribution in [0.15, 0.2) is 12.7 Å². The van der Waals surface area contributed by atoms with E-state index in [9.17, 15) is 4.79 Å². The van der Waals surface area contributed by atoms with Gasteiger partial charge in [0.2, 0.25) is 0 Å². The highest BCUT2D eigenvalue weighted by atomic mass is 35.5. The lowest BCUT2D eigenvalue weighted by atomic mass is 10.6. The van der Waals surface area contributed by atoms with Crippen molar-refractivity contribution in [3.8, 4) is 0 Å². The molecule has 0 rings (SSSR count). The minimum absolute atomic E-state index is 0.367. The highest BCUT2D eigenvalue weighted by Gasteiger charge is 1.93. The quantitative estimate of drug-likeness (QED) is 0.575. The van der Waals surface area contributed by atoms with E-state index in [2.05, 4.69) is 28.1 Å². The predicted octanol–water partition coefficient (Wildman–Crippen LogP) is 1.05. The fourth-order valence-corrected chi connectivity index (χ4v) is 0.237. The van der Waals surface area contributed by atoms with Crippen LogP contribution in [-0.4, -0.2) is 12.6 Å². The fraction of sp³-hybridized carbons (Fsp3) is 0.250. The SMILES string of the molecule is C=CCNC(=O)OCl. The molecule has 0 aromatic heterocycles. The summed E-state index contributed by atoms with van der Waals surface area (Å²) in [4.78, 5) is 10.1. The number of halogens is 1. The van der Waals surface area contributed by atoms with Gasteiger partial charge in [-0.15, -0.1) is 6.58 Å². The first-order chi connectivity index (χ1) is 3.81. The van der Waals surface area contributed by atoms with Crippen LogP contribution in [-0.2, 0) is 4.29 Å². The molecule has 3 nitrogen and oxygen atoms in total. The molecule has 0 spiro atoms. The monoisotopic (exact) mass is 135 g/mol. The van der Waals surface area contributed by atoms with Crippen molar-refractivity contribution in [3.63, 3.8) is 0 Å². The lowest BCUT2D eigenvalue weighted by molar-refractivity contribution is 0.206. The first-order valence-corrected chi connectivity index (χ1v) is 2.29. The molecule has 0 aromatic rings. The maximum Gasteiger partial charge on any atom is 0.425 e. The highest BCUT2D eigenvalue weighted by Crippen LogP contribution is 1.78. The number of nitrogens with one attached hydrogen (secondary N) is 1. The molecule has 0 bridgehead atoms. The van der Waals surface area contributed by atoms with Gasteiger partial charge in [0.15, 0.2) is 0 Å². The maximum atomic E-state index is 10.1. The van der Waals surface area contributed by atoms with Gasteiger partial charge >= 0.3 is 6.09 Å². The average molecular weight is 136 g/mol. The van der Waals surface area contributed by atoms with Crippen molar-refractivity contribution in [2.24, 2.45) is 0 Å². The van der Waals surface area contributed by atoms with Gasteiger partial charge in [0, 0.05) is 6.54 Å². The molecule has 8 heavy (non-hydrogen) atoms. The van der Waals surface area contributed by atoms with Crippen LogP contribution in [0.4, 0.5) is 4.79 Å². The normalized spacial score (nSPS) is 7.62. The van der Waals surface area contributed by atoms with Gasteiger partial charge in [0.1, 0.15) is 11.9 Å². The van der Waals surface area contributed by atoms with Crippen LogP contribution in [0.1, 0.15) is 0 Å². The summed E-state index contributed by atoms with van der Waals surface area (Å²) in [7, 11) is 0. The molecule has 0 aromatic carbocycles. The molecule has 1 amide bonds. The Kier molecular flexibility index (Phi) is 4.07. The summed E-state index contributed by atoms with van der Waals surface area (Å²) in [6.07, 6.45) is 0.861. The van der Waals surface area contributed by atoms with E-state index in [1.54, 1.807) is 0 Å². The average Bonchev–Trinajstić information content (AvgIpc) is 1.83. The molecule has 0 saturated carbocycles. The summed E-state index contributed by atoms with van der Waals surface area (Å²) in [5.41, 5.74) is 0. The van der Waals surface area contributed by atoms with Gasteiger partial charge in [-0.3, -0.25) is 0 Å². The Morgan fingerprint density at radius 3 is 3.00 bits per heavy atom. The first kappa shape index (κ1) is 7.30.